The topological polar surface area (TPSA) is 51.4 Å². The van der Waals surface area contributed by atoms with Crippen LogP contribution in [0.4, 0.5) is 5.82 Å². The third kappa shape index (κ3) is 3.48. The van der Waals surface area contributed by atoms with Gasteiger partial charge in [-0.15, -0.1) is 0 Å². The zero-order chi connectivity index (χ0) is 14.5. The standard InChI is InChI=1S/C16H21N3O/c1-12(17)14-6-9-16(18-10-14)19(2)11-13-4-7-15(20-3)8-5-13/h4-10,12H,11,17H2,1-3H3. The van der Waals surface area contributed by atoms with Crippen LogP contribution in [0, 0.1) is 0 Å². The van der Waals surface area contributed by atoms with Gasteiger partial charge in [-0.2, -0.15) is 0 Å². The Labute approximate surface area is 120 Å². The second-order valence-corrected chi connectivity index (χ2v) is 4.94. The molecule has 0 amide bonds. The number of nitrogens with zero attached hydrogens (tertiary/aromatic N) is 2. The molecule has 1 aromatic heterocycles. The van der Waals surface area contributed by atoms with Gasteiger partial charge in [-0.3, -0.25) is 0 Å². The monoisotopic (exact) mass is 271 g/mol. The predicted octanol–water partition coefficient (Wildman–Crippen LogP) is 2.75. The van der Waals surface area contributed by atoms with Crippen molar-refractivity contribution in [3.05, 3.63) is 53.7 Å². The Morgan fingerprint density at radius 3 is 2.40 bits per heavy atom. The van der Waals surface area contributed by atoms with Crippen LogP contribution in [-0.2, 0) is 6.54 Å². The summed E-state index contributed by atoms with van der Waals surface area (Å²) in [6.45, 7) is 2.76. The average Bonchev–Trinajstić information content (AvgIpc) is 2.48. The zero-order valence-electron chi connectivity index (χ0n) is 12.2. The van der Waals surface area contributed by atoms with Gasteiger partial charge in [0.2, 0.25) is 0 Å². The van der Waals surface area contributed by atoms with Crippen molar-refractivity contribution < 1.29 is 4.74 Å². The quantitative estimate of drug-likeness (QED) is 0.908. The molecule has 1 unspecified atom stereocenters. The molecule has 4 nitrogen and oxygen atoms in total. The van der Waals surface area contributed by atoms with E-state index in [1.807, 2.05) is 44.4 Å². The number of rotatable bonds is 5. The molecule has 2 rings (SSSR count). The Balaban J connectivity index is 2.04. The van der Waals surface area contributed by atoms with Crippen LogP contribution in [0.3, 0.4) is 0 Å². The minimum Gasteiger partial charge on any atom is -0.497 e. The highest BCUT2D eigenvalue weighted by molar-refractivity contribution is 5.40. The fraction of sp³-hybridized carbons (Fsp3) is 0.312. The van der Waals surface area contributed by atoms with Gasteiger partial charge in [-0.1, -0.05) is 18.2 Å². The minimum atomic E-state index is 0.0171. The van der Waals surface area contributed by atoms with Crippen LogP contribution in [0.15, 0.2) is 42.6 Å². The molecule has 4 heteroatoms. The number of anilines is 1. The van der Waals surface area contributed by atoms with E-state index in [1.165, 1.54) is 5.56 Å². The Morgan fingerprint density at radius 1 is 1.20 bits per heavy atom. The lowest BCUT2D eigenvalue weighted by molar-refractivity contribution is 0.414. The maximum absolute atomic E-state index is 5.83. The largest absolute Gasteiger partial charge is 0.497 e. The molecule has 0 saturated carbocycles. The number of hydrogen-bond donors (Lipinski definition) is 1. The van der Waals surface area contributed by atoms with Crippen molar-refractivity contribution in [3.63, 3.8) is 0 Å². The van der Waals surface area contributed by atoms with Gasteiger partial charge in [0.1, 0.15) is 11.6 Å². The van der Waals surface area contributed by atoms with E-state index in [0.717, 1.165) is 23.7 Å². The van der Waals surface area contributed by atoms with E-state index < -0.39 is 0 Å². The zero-order valence-corrected chi connectivity index (χ0v) is 12.2. The molecular weight excluding hydrogens is 250 g/mol. The summed E-state index contributed by atoms with van der Waals surface area (Å²) < 4.78 is 5.16. The van der Waals surface area contributed by atoms with Crippen molar-refractivity contribution in [3.8, 4) is 5.75 Å². The van der Waals surface area contributed by atoms with Crippen LogP contribution in [-0.4, -0.2) is 19.1 Å². The van der Waals surface area contributed by atoms with Crippen molar-refractivity contribution >= 4 is 5.82 Å². The molecular formula is C16H21N3O. The van der Waals surface area contributed by atoms with Crippen LogP contribution in [0.5, 0.6) is 5.75 Å². The molecule has 1 aromatic carbocycles. The van der Waals surface area contributed by atoms with Gasteiger partial charge >= 0.3 is 0 Å². The molecule has 0 aliphatic carbocycles. The van der Waals surface area contributed by atoms with E-state index in [9.17, 15) is 0 Å². The van der Waals surface area contributed by atoms with Crippen molar-refractivity contribution in [2.45, 2.75) is 19.5 Å². The van der Waals surface area contributed by atoms with E-state index in [4.69, 9.17) is 10.5 Å². The van der Waals surface area contributed by atoms with Gasteiger partial charge in [0, 0.05) is 25.8 Å². The first-order valence-electron chi connectivity index (χ1n) is 6.65. The summed E-state index contributed by atoms with van der Waals surface area (Å²) in [5.74, 6) is 1.81. The third-order valence-corrected chi connectivity index (χ3v) is 3.27. The summed E-state index contributed by atoms with van der Waals surface area (Å²) in [6, 6.07) is 12.1. The van der Waals surface area contributed by atoms with E-state index >= 15 is 0 Å². The van der Waals surface area contributed by atoms with Crippen molar-refractivity contribution in [2.75, 3.05) is 19.1 Å². The number of methoxy groups -OCH3 is 1. The molecule has 0 bridgehead atoms. The van der Waals surface area contributed by atoms with Crippen molar-refractivity contribution in [2.24, 2.45) is 5.73 Å². The lowest BCUT2D eigenvalue weighted by atomic mass is 10.1. The highest BCUT2D eigenvalue weighted by Gasteiger charge is 2.05. The number of aromatic nitrogens is 1. The number of ether oxygens (including phenoxy) is 1. The Morgan fingerprint density at radius 2 is 1.90 bits per heavy atom. The highest BCUT2D eigenvalue weighted by atomic mass is 16.5. The second kappa shape index (κ2) is 6.39. The molecule has 2 aromatic rings. The van der Waals surface area contributed by atoms with Crippen LogP contribution in [0.2, 0.25) is 0 Å². The van der Waals surface area contributed by atoms with E-state index in [0.29, 0.717) is 0 Å². The van der Waals surface area contributed by atoms with Gasteiger partial charge in [0.25, 0.3) is 0 Å². The number of nitrogens with two attached hydrogens (primary N) is 1. The lowest BCUT2D eigenvalue weighted by Crippen LogP contribution is -2.18. The minimum absolute atomic E-state index is 0.0171. The Bertz CT molecular complexity index is 535. The fourth-order valence-corrected chi connectivity index (χ4v) is 1.98. The van der Waals surface area contributed by atoms with Crippen LogP contribution in [0.25, 0.3) is 0 Å². The van der Waals surface area contributed by atoms with Crippen LogP contribution >= 0.6 is 0 Å². The molecule has 0 radical (unpaired) electrons. The lowest BCUT2D eigenvalue weighted by Gasteiger charge is -2.19. The summed E-state index contributed by atoms with van der Waals surface area (Å²) in [6.07, 6.45) is 1.84. The normalized spacial score (nSPS) is 12.0. The predicted molar refractivity (Wildman–Crippen MR) is 81.9 cm³/mol. The average molecular weight is 271 g/mol. The van der Waals surface area contributed by atoms with E-state index in [-0.39, 0.29) is 6.04 Å². The van der Waals surface area contributed by atoms with Crippen LogP contribution < -0.4 is 15.4 Å². The van der Waals surface area contributed by atoms with Gasteiger partial charge in [-0.05, 0) is 36.2 Å². The summed E-state index contributed by atoms with van der Waals surface area (Å²) in [7, 11) is 3.70. The summed E-state index contributed by atoms with van der Waals surface area (Å²) in [4.78, 5) is 6.55. The van der Waals surface area contributed by atoms with Crippen molar-refractivity contribution in [1.82, 2.24) is 4.98 Å². The van der Waals surface area contributed by atoms with E-state index in [1.54, 1.807) is 7.11 Å². The van der Waals surface area contributed by atoms with Crippen LogP contribution in [0.1, 0.15) is 24.1 Å². The first-order chi connectivity index (χ1) is 9.60. The summed E-state index contributed by atoms with van der Waals surface area (Å²) in [5.41, 5.74) is 8.09. The van der Waals surface area contributed by atoms with Gasteiger partial charge in [0.05, 0.1) is 7.11 Å². The molecule has 1 heterocycles. The summed E-state index contributed by atoms with van der Waals surface area (Å²) in [5, 5.41) is 0. The molecule has 20 heavy (non-hydrogen) atoms. The van der Waals surface area contributed by atoms with Gasteiger partial charge in [-0.25, -0.2) is 4.98 Å². The number of hydrogen-bond acceptors (Lipinski definition) is 4. The second-order valence-electron chi connectivity index (χ2n) is 4.94. The highest BCUT2D eigenvalue weighted by Crippen LogP contribution is 2.17. The molecule has 0 spiro atoms. The molecule has 1 atom stereocenters. The molecule has 0 aliphatic rings. The maximum atomic E-state index is 5.83. The third-order valence-electron chi connectivity index (χ3n) is 3.27. The molecule has 106 valence electrons. The van der Waals surface area contributed by atoms with Gasteiger partial charge < -0.3 is 15.4 Å². The SMILES string of the molecule is COc1ccc(CN(C)c2ccc(C(C)N)cn2)cc1. The Hall–Kier alpha value is -2.07. The van der Waals surface area contributed by atoms with Gasteiger partial charge in [0.15, 0.2) is 0 Å². The van der Waals surface area contributed by atoms with Crippen molar-refractivity contribution in [1.29, 1.82) is 0 Å². The Kier molecular flexibility index (Phi) is 4.58. The number of pyridine rings is 1. The number of benzene rings is 1. The molecule has 2 N–H and O–H groups in total. The summed E-state index contributed by atoms with van der Waals surface area (Å²) >= 11 is 0. The maximum Gasteiger partial charge on any atom is 0.128 e. The first kappa shape index (κ1) is 14.3. The first-order valence-corrected chi connectivity index (χ1v) is 6.65. The molecule has 0 saturated heterocycles. The fourth-order valence-electron chi connectivity index (χ4n) is 1.98. The van der Waals surface area contributed by atoms with E-state index in [2.05, 4.69) is 22.0 Å². The molecule has 0 fully saturated rings. The molecule has 0 aliphatic heterocycles. The smallest absolute Gasteiger partial charge is 0.128 e.